The summed E-state index contributed by atoms with van der Waals surface area (Å²) < 4.78 is 14.8. The van der Waals surface area contributed by atoms with Gasteiger partial charge < -0.3 is 5.11 Å². The van der Waals surface area contributed by atoms with E-state index in [4.69, 9.17) is 5.11 Å². The Morgan fingerprint density at radius 2 is 1.90 bits per heavy atom. The van der Waals surface area contributed by atoms with Crippen LogP contribution in [-0.2, 0) is 0 Å². The third kappa shape index (κ3) is 2.67. The molecule has 0 aliphatic rings. The SMILES string of the molecule is O=C(O)c1cccc(-n2ccc(-c3cccc(F)c3)n2)c1. The molecule has 0 bridgehead atoms. The van der Waals surface area contributed by atoms with Crippen LogP contribution in [-0.4, -0.2) is 20.9 Å². The molecule has 21 heavy (non-hydrogen) atoms. The topological polar surface area (TPSA) is 55.1 Å². The number of nitrogens with zero attached hydrogens (tertiary/aromatic N) is 2. The standard InChI is InChI=1S/C16H11FN2O2/c17-13-5-1-3-11(9-13)15-7-8-19(18-15)14-6-2-4-12(10-14)16(20)21/h1-10H,(H,20,21). The van der Waals surface area contributed by atoms with Gasteiger partial charge in [-0.15, -0.1) is 0 Å². The summed E-state index contributed by atoms with van der Waals surface area (Å²) in [7, 11) is 0. The number of rotatable bonds is 3. The number of halogens is 1. The maximum Gasteiger partial charge on any atom is 0.335 e. The van der Waals surface area contributed by atoms with Crippen molar-refractivity contribution in [3.05, 3.63) is 72.2 Å². The summed E-state index contributed by atoms with van der Waals surface area (Å²) >= 11 is 0. The zero-order chi connectivity index (χ0) is 14.8. The Balaban J connectivity index is 1.98. The fourth-order valence-corrected chi connectivity index (χ4v) is 2.05. The Bertz CT molecular complexity index is 811. The largest absolute Gasteiger partial charge is 0.478 e. The molecule has 0 unspecified atom stereocenters. The van der Waals surface area contributed by atoms with Gasteiger partial charge in [-0.25, -0.2) is 13.9 Å². The van der Waals surface area contributed by atoms with Crippen molar-refractivity contribution in [1.82, 2.24) is 9.78 Å². The summed E-state index contributed by atoms with van der Waals surface area (Å²) in [5, 5.41) is 13.3. The Morgan fingerprint density at radius 3 is 2.67 bits per heavy atom. The van der Waals surface area contributed by atoms with Gasteiger partial charge in [-0.05, 0) is 36.4 Å². The van der Waals surface area contributed by atoms with Gasteiger partial charge in [0.1, 0.15) is 5.82 Å². The minimum absolute atomic E-state index is 0.190. The van der Waals surface area contributed by atoms with Gasteiger partial charge in [0.15, 0.2) is 0 Å². The van der Waals surface area contributed by atoms with E-state index in [2.05, 4.69) is 5.10 Å². The van der Waals surface area contributed by atoms with Crippen LogP contribution in [0.25, 0.3) is 16.9 Å². The van der Waals surface area contributed by atoms with Gasteiger partial charge in [0.2, 0.25) is 0 Å². The zero-order valence-corrected chi connectivity index (χ0v) is 10.9. The first-order valence-electron chi connectivity index (χ1n) is 6.29. The van der Waals surface area contributed by atoms with Gasteiger partial charge in [0.05, 0.1) is 16.9 Å². The molecule has 3 rings (SSSR count). The Kier molecular flexibility index (Phi) is 3.23. The predicted molar refractivity (Wildman–Crippen MR) is 75.9 cm³/mol. The average Bonchev–Trinajstić information content (AvgIpc) is 2.97. The molecule has 0 aliphatic carbocycles. The molecule has 1 aromatic heterocycles. The molecule has 1 heterocycles. The van der Waals surface area contributed by atoms with Gasteiger partial charge in [0.25, 0.3) is 0 Å². The summed E-state index contributed by atoms with van der Waals surface area (Å²) in [4.78, 5) is 11.0. The van der Waals surface area contributed by atoms with Crippen molar-refractivity contribution >= 4 is 5.97 Å². The number of hydrogen-bond donors (Lipinski definition) is 1. The highest BCUT2D eigenvalue weighted by atomic mass is 19.1. The van der Waals surface area contributed by atoms with Crippen molar-refractivity contribution in [3.63, 3.8) is 0 Å². The maximum absolute atomic E-state index is 13.2. The van der Waals surface area contributed by atoms with Crippen molar-refractivity contribution in [1.29, 1.82) is 0 Å². The van der Waals surface area contributed by atoms with E-state index in [1.54, 1.807) is 41.2 Å². The van der Waals surface area contributed by atoms with E-state index < -0.39 is 5.97 Å². The van der Waals surface area contributed by atoms with Crippen LogP contribution in [0.15, 0.2) is 60.8 Å². The second-order valence-electron chi connectivity index (χ2n) is 4.51. The van der Waals surface area contributed by atoms with Gasteiger partial charge in [0, 0.05) is 11.8 Å². The fourth-order valence-electron chi connectivity index (χ4n) is 2.05. The van der Waals surface area contributed by atoms with Crippen LogP contribution in [0, 0.1) is 5.82 Å². The minimum Gasteiger partial charge on any atom is -0.478 e. The molecule has 0 spiro atoms. The second kappa shape index (κ2) is 5.20. The van der Waals surface area contributed by atoms with Crippen LogP contribution in [0.3, 0.4) is 0 Å². The molecule has 0 saturated heterocycles. The molecule has 3 aromatic rings. The monoisotopic (exact) mass is 282 g/mol. The molecule has 0 radical (unpaired) electrons. The first-order valence-corrected chi connectivity index (χ1v) is 6.29. The zero-order valence-electron chi connectivity index (χ0n) is 10.9. The second-order valence-corrected chi connectivity index (χ2v) is 4.51. The normalized spacial score (nSPS) is 10.5. The van der Waals surface area contributed by atoms with E-state index in [0.29, 0.717) is 16.9 Å². The molecule has 4 nitrogen and oxygen atoms in total. The lowest BCUT2D eigenvalue weighted by molar-refractivity contribution is 0.0697. The van der Waals surface area contributed by atoms with Gasteiger partial charge in [-0.2, -0.15) is 5.10 Å². The van der Waals surface area contributed by atoms with Crippen molar-refractivity contribution in [2.24, 2.45) is 0 Å². The van der Waals surface area contributed by atoms with Crippen LogP contribution in [0.4, 0.5) is 4.39 Å². The number of benzene rings is 2. The molecule has 2 aromatic carbocycles. The lowest BCUT2D eigenvalue weighted by Gasteiger charge is -2.02. The fraction of sp³-hybridized carbons (Fsp3) is 0. The molecule has 0 saturated carbocycles. The van der Waals surface area contributed by atoms with E-state index in [9.17, 15) is 9.18 Å². The van der Waals surface area contributed by atoms with Gasteiger partial charge in [-0.1, -0.05) is 18.2 Å². The highest BCUT2D eigenvalue weighted by Crippen LogP contribution is 2.19. The molecule has 104 valence electrons. The highest BCUT2D eigenvalue weighted by Gasteiger charge is 2.07. The maximum atomic E-state index is 13.2. The number of aromatic nitrogens is 2. The summed E-state index contributed by atoms with van der Waals surface area (Å²) in [5.74, 6) is -1.32. The Labute approximate surface area is 120 Å². The van der Waals surface area contributed by atoms with Crippen molar-refractivity contribution in [2.45, 2.75) is 0 Å². The van der Waals surface area contributed by atoms with E-state index in [1.165, 1.54) is 24.3 Å². The number of carboxylic acid groups (broad SMARTS) is 1. The molecule has 5 heteroatoms. The lowest BCUT2D eigenvalue weighted by Crippen LogP contribution is -2.00. The number of aromatic carboxylic acids is 1. The number of carboxylic acids is 1. The number of carbonyl (C=O) groups is 1. The average molecular weight is 282 g/mol. The Morgan fingerprint density at radius 1 is 1.10 bits per heavy atom. The van der Waals surface area contributed by atoms with Crippen LogP contribution in [0.2, 0.25) is 0 Å². The molecular formula is C16H11FN2O2. The third-order valence-electron chi connectivity index (χ3n) is 3.07. The van der Waals surface area contributed by atoms with E-state index >= 15 is 0 Å². The third-order valence-corrected chi connectivity index (χ3v) is 3.07. The molecular weight excluding hydrogens is 271 g/mol. The van der Waals surface area contributed by atoms with Gasteiger partial charge in [-0.3, -0.25) is 0 Å². The summed E-state index contributed by atoms with van der Waals surface area (Å²) in [6.45, 7) is 0. The smallest absolute Gasteiger partial charge is 0.335 e. The molecule has 0 amide bonds. The van der Waals surface area contributed by atoms with E-state index in [-0.39, 0.29) is 11.4 Å². The van der Waals surface area contributed by atoms with Crippen LogP contribution < -0.4 is 0 Å². The number of hydrogen-bond acceptors (Lipinski definition) is 2. The molecule has 1 N–H and O–H groups in total. The van der Waals surface area contributed by atoms with Crippen molar-refractivity contribution < 1.29 is 14.3 Å². The lowest BCUT2D eigenvalue weighted by atomic mass is 10.1. The van der Waals surface area contributed by atoms with Crippen molar-refractivity contribution in [2.75, 3.05) is 0 Å². The van der Waals surface area contributed by atoms with E-state index in [1.807, 2.05) is 0 Å². The first-order chi connectivity index (χ1) is 10.1. The summed E-state index contributed by atoms with van der Waals surface area (Å²) in [6.07, 6.45) is 1.71. The molecule has 0 fully saturated rings. The quantitative estimate of drug-likeness (QED) is 0.801. The highest BCUT2D eigenvalue weighted by molar-refractivity contribution is 5.88. The predicted octanol–water partition coefficient (Wildman–Crippen LogP) is 3.38. The minimum atomic E-state index is -0.991. The first kappa shape index (κ1) is 13.1. The summed E-state index contributed by atoms with van der Waals surface area (Å²) in [5.41, 5.74) is 2.12. The van der Waals surface area contributed by atoms with Crippen LogP contribution >= 0.6 is 0 Å². The Hall–Kier alpha value is -2.95. The van der Waals surface area contributed by atoms with Crippen LogP contribution in [0.1, 0.15) is 10.4 Å². The van der Waals surface area contributed by atoms with E-state index in [0.717, 1.165) is 0 Å². The van der Waals surface area contributed by atoms with Crippen molar-refractivity contribution in [3.8, 4) is 16.9 Å². The van der Waals surface area contributed by atoms with Gasteiger partial charge >= 0.3 is 5.97 Å². The molecule has 0 aliphatic heterocycles. The van der Waals surface area contributed by atoms with Crippen LogP contribution in [0.5, 0.6) is 0 Å². The summed E-state index contributed by atoms with van der Waals surface area (Å²) in [6, 6.07) is 14.4. The molecule has 0 atom stereocenters.